The van der Waals surface area contributed by atoms with Gasteiger partial charge in [-0.3, -0.25) is 38.5 Å². The number of Topliss-reactive ketones (excluding diaryl/α,β-unsaturated/α-hetero) is 2. The zero-order chi connectivity index (χ0) is 67.5. The summed E-state index contributed by atoms with van der Waals surface area (Å²) < 4.78 is 60.1. The van der Waals surface area contributed by atoms with Crippen molar-refractivity contribution in [3.8, 4) is 17.2 Å². The lowest BCUT2D eigenvalue weighted by atomic mass is 9.44. The molecule has 4 bridgehead atoms. The van der Waals surface area contributed by atoms with Gasteiger partial charge in [-0.05, 0) is 133 Å². The molecule has 7 unspecified atom stereocenters. The molecule has 4 heterocycles. The molecule has 2 saturated heterocycles. The van der Waals surface area contributed by atoms with Crippen LogP contribution in [-0.2, 0) is 76.7 Å². The van der Waals surface area contributed by atoms with E-state index in [0.717, 1.165) is 64.6 Å². The number of rotatable bonds is 20. The summed E-state index contributed by atoms with van der Waals surface area (Å²) in [4.78, 5) is 105. The van der Waals surface area contributed by atoms with Crippen LogP contribution in [-0.4, -0.2) is 131 Å². The molecule has 5 aromatic carbocycles. The summed E-state index contributed by atoms with van der Waals surface area (Å²) >= 11 is 0. The predicted molar refractivity (Wildman–Crippen MR) is 353 cm³/mol. The Balaban J connectivity index is 1.14. The molecule has 5 aromatic rings. The van der Waals surface area contributed by atoms with Gasteiger partial charge in [-0.25, -0.2) is 0 Å². The smallest absolute Gasteiger partial charge is 0.303 e. The van der Waals surface area contributed by atoms with E-state index >= 15 is 9.59 Å². The summed E-state index contributed by atoms with van der Waals surface area (Å²) in [5, 5.41) is 4.10. The Labute approximate surface area is 549 Å². The molecule has 5 fully saturated rings. The van der Waals surface area contributed by atoms with E-state index in [1.807, 2.05) is 153 Å². The largest absolute Gasteiger partial charge is 0.482 e. The number of carbonyl (C=O) groups excluding carboxylic acids is 7. The molecule has 0 N–H and O–H groups in total. The van der Waals surface area contributed by atoms with Gasteiger partial charge in [0.15, 0.2) is 35.0 Å². The van der Waals surface area contributed by atoms with E-state index in [-0.39, 0.29) is 48.0 Å². The van der Waals surface area contributed by atoms with Crippen LogP contribution in [0, 0.1) is 17.8 Å². The molecule has 1 amide bonds. The number of benzene rings is 5. The minimum absolute atomic E-state index is 0.0336. The van der Waals surface area contributed by atoms with Crippen molar-refractivity contribution < 1.29 is 76.2 Å². The van der Waals surface area contributed by atoms with Crippen LogP contribution in [0.2, 0.25) is 0 Å². The van der Waals surface area contributed by atoms with Gasteiger partial charge in [-0.15, -0.1) is 0 Å². The second kappa shape index (κ2) is 26.0. The fraction of sp³-hybridized carbons (Fsp3) is 0.461. The molecule has 1 spiro atoms. The average molecular weight is 1280 g/mol. The number of ether oxygens (including phenoxy) is 9. The highest BCUT2D eigenvalue weighted by atomic mass is 16.7. The van der Waals surface area contributed by atoms with Crippen LogP contribution in [0.5, 0.6) is 17.2 Å². The maximum atomic E-state index is 17.6. The fourth-order valence-electron chi connectivity index (χ4n) is 15.7. The van der Waals surface area contributed by atoms with Gasteiger partial charge in [0, 0.05) is 83.3 Å². The van der Waals surface area contributed by atoms with Gasteiger partial charge < -0.3 is 47.5 Å². The number of fused-ring (bicyclic) bond motifs is 4. The SMILES string of the molecule is CC(=O)OC[C@H]1O[C@@H](Oc2c3c(c(CC=C(C)C)c4c2C(=O)C2C(N(C)Cc5cccc6ccccc56)C5CC6C(C)(C)OC(C/C=C(/C)C(=O)N(C)Cc7cccc8ccccc78)(C5=O)C26O4)OC(C)(CCC=C(C)C)C=C3)[C@H](OC(C)=O)[C@H](OC(C)=O)[C@@H]1OC(C)=O. The Morgan fingerprint density at radius 2 is 1.27 bits per heavy atom. The highest BCUT2D eigenvalue weighted by molar-refractivity contribution is 6.11. The molecule has 0 aromatic heterocycles. The number of amides is 1. The lowest BCUT2D eigenvalue weighted by Gasteiger charge is -2.64. The summed E-state index contributed by atoms with van der Waals surface area (Å²) in [6.07, 6.45) is 3.06. The van der Waals surface area contributed by atoms with Crippen molar-refractivity contribution in [3.63, 3.8) is 0 Å². The summed E-state index contributed by atoms with van der Waals surface area (Å²) in [5.74, 6) is -6.60. The first-order valence-corrected chi connectivity index (χ1v) is 32.5. The molecule has 12 rings (SSSR count). The van der Waals surface area contributed by atoms with Crippen molar-refractivity contribution in [1.29, 1.82) is 0 Å². The van der Waals surface area contributed by atoms with Gasteiger partial charge >= 0.3 is 23.9 Å². The van der Waals surface area contributed by atoms with Gasteiger partial charge in [-0.1, -0.05) is 114 Å². The van der Waals surface area contributed by atoms with Gasteiger partial charge in [0.25, 0.3) is 0 Å². The van der Waals surface area contributed by atoms with E-state index in [1.165, 1.54) is 6.92 Å². The molecular formula is C76H86N2O16. The van der Waals surface area contributed by atoms with Gasteiger partial charge in [0.2, 0.25) is 18.3 Å². The number of nitrogens with zero attached hydrogens (tertiary/aromatic N) is 2. The number of likely N-dealkylation sites (N-methyl/N-ethyl adjacent to an activating group) is 1. The van der Waals surface area contributed by atoms with Crippen LogP contribution in [0.3, 0.4) is 0 Å². The van der Waals surface area contributed by atoms with Crippen LogP contribution in [0.4, 0.5) is 0 Å². The normalized spacial score (nSPS) is 27.6. The molecule has 12 atom stereocenters. The number of hydrogen-bond acceptors (Lipinski definition) is 17. The summed E-state index contributed by atoms with van der Waals surface area (Å²) in [5.41, 5.74) is -0.633. The second-order valence-electron chi connectivity index (χ2n) is 27.5. The zero-order valence-electron chi connectivity index (χ0n) is 56.2. The number of hydrogen-bond donors (Lipinski definition) is 0. The molecule has 496 valence electrons. The minimum Gasteiger partial charge on any atom is -0.482 e. The Morgan fingerprint density at radius 3 is 1.88 bits per heavy atom. The molecular weight excluding hydrogens is 1200 g/mol. The Kier molecular flexibility index (Phi) is 18.6. The van der Waals surface area contributed by atoms with Crippen molar-refractivity contribution in [2.45, 2.75) is 187 Å². The van der Waals surface area contributed by atoms with Crippen molar-refractivity contribution in [1.82, 2.24) is 9.80 Å². The lowest BCUT2D eigenvalue weighted by molar-refractivity contribution is -0.288. The average Bonchev–Trinajstić information content (AvgIpc) is 1.39. The van der Waals surface area contributed by atoms with Crippen molar-refractivity contribution in [3.05, 3.63) is 154 Å². The van der Waals surface area contributed by atoms with E-state index < -0.39 is 113 Å². The van der Waals surface area contributed by atoms with Crippen LogP contribution in [0.25, 0.3) is 27.6 Å². The Hall–Kier alpha value is -8.45. The lowest BCUT2D eigenvalue weighted by Crippen LogP contribution is -2.81. The monoisotopic (exact) mass is 1280 g/mol. The summed E-state index contributed by atoms with van der Waals surface area (Å²) in [6, 6.07) is 27.4. The highest BCUT2D eigenvalue weighted by Gasteiger charge is 2.86. The van der Waals surface area contributed by atoms with Crippen molar-refractivity contribution in [2.24, 2.45) is 17.8 Å². The highest BCUT2D eigenvalue weighted by Crippen LogP contribution is 2.71. The number of carbonyl (C=O) groups is 7. The van der Waals surface area contributed by atoms with Crippen LogP contribution in [0.15, 0.2) is 126 Å². The predicted octanol–water partition coefficient (Wildman–Crippen LogP) is 12.1. The molecule has 18 nitrogen and oxygen atoms in total. The zero-order valence-corrected chi connectivity index (χ0v) is 56.2. The van der Waals surface area contributed by atoms with E-state index in [4.69, 9.17) is 42.6 Å². The Bertz CT molecular complexity index is 4010. The first kappa shape index (κ1) is 67.0. The Morgan fingerprint density at radius 1 is 0.670 bits per heavy atom. The van der Waals surface area contributed by atoms with E-state index in [9.17, 15) is 24.0 Å². The first-order chi connectivity index (χ1) is 44.6. The summed E-state index contributed by atoms with van der Waals surface area (Å²) in [7, 11) is 3.68. The third-order valence-corrected chi connectivity index (χ3v) is 19.7. The topological polar surface area (TPSA) is 209 Å². The maximum absolute atomic E-state index is 17.6. The minimum atomic E-state index is -1.88. The second-order valence-corrected chi connectivity index (χ2v) is 27.5. The first-order valence-electron chi connectivity index (χ1n) is 32.5. The van der Waals surface area contributed by atoms with E-state index in [0.29, 0.717) is 48.4 Å². The maximum Gasteiger partial charge on any atom is 0.303 e. The molecule has 94 heavy (non-hydrogen) atoms. The van der Waals surface area contributed by atoms with Gasteiger partial charge in [0.1, 0.15) is 41.1 Å². The standard InChI is InChI=1S/C76H86N2O16/c1-42(2)22-21-35-74(12)36-34-56-64(92-74)55(32-31-43(3)4)66-60(65(56)91-72-69(89-48(9)82)68(88-47(8)81)67(87-46(7)80)58(90-72)41-86-45(6)79)63(83)61-62(77(13)39-51-27-19-25-49-23-15-17-29-53(49)51)57-38-59-73(10,11)94-75(70(57)84,76(59,61)93-66)37-33-44(5)71(85)78(14)40-52-28-20-26-50-24-16-18-30-54(50)52/h15-20,22-31,33-34,36,57-59,61-62,67-69,72H,21,32,35,37-41H2,1-14H3/b44-33-/t57?,58-,59?,61?,62?,67-,68-,69-,72+,74?,75?,76?/m1/s1. The number of esters is 4. The molecule has 3 aliphatic carbocycles. The molecule has 3 saturated carbocycles. The van der Waals surface area contributed by atoms with Gasteiger partial charge in [0.05, 0.1) is 17.1 Å². The summed E-state index contributed by atoms with van der Waals surface area (Å²) in [6.45, 7) is 20.2. The fourth-order valence-corrected chi connectivity index (χ4v) is 15.7. The quantitative estimate of drug-likeness (QED) is 0.0307. The van der Waals surface area contributed by atoms with E-state index in [1.54, 1.807) is 24.9 Å². The molecule has 0 radical (unpaired) electrons. The third-order valence-electron chi connectivity index (χ3n) is 19.7. The molecule has 4 aliphatic heterocycles. The molecule has 7 aliphatic rings. The van der Waals surface area contributed by atoms with Crippen molar-refractivity contribution >= 4 is 69.0 Å². The third kappa shape index (κ3) is 12.3. The van der Waals surface area contributed by atoms with E-state index in [2.05, 4.69) is 17.0 Å². The number of allylic oxidation sites excluding steroid dienone is 4. The van der Waals surface area contributed by atoms with Crippen molar-refractivity contribution in [2.75, 3.05) is 20.7 Å². The number of ketones is 2. The van der Waals surface area contributed by atoms with Gasteiger partial charge in [-0.2, -0.15) is 0 Å². The van der Waals surface area contributed by atoms with Crippen LogP contribution in [0.1, 0.15) is 141 Å². The van der Waals surface area contributed by atoms with Crippen LogP contribution >= 0.6 is 0 Å². The molecule has 18 heteroatoms. The van der Waals surface area contributed by atoms with Crippen LogP contribution < -0.4 is 14.2 Å².